The van der Waals surface area contributed by atoms with Crippen molar-refractivity contribution in [3.8, 4) is 0 Å². The summed E-state index contributed by atoms with van der Waals surface area (Å²) in [5.74, 6) is 0. The first-order chi connectivity index (χ1) is 10.7. The fraction of sp³-hybridized carbons (Fsp3) is 0.619. The van der Waals surface area contributed by atoms with Crippen molar-refractivity contribution in [1.29, 1.82) is 0 Å². The van der Waals surface area contributed by atoms with Gasteiger partial charge in [0.2, 0.25) is 0 Å². The van der Waals surface area contributed by atoms with E-state index in [0.717, 1.165) is 0 Å². The van der Waals surface area contributed by atoms with E-state index < -0.39 is 7.26 Å². The summed E-state index contributed by atoms with van der Waals surface area (Å²) in [7, 11) is -1.35. The van der Waals surface area contributed by atoms with E-state index in [9.17, 15) is 0 Å². The average Bonchev–Trinajstić information content (AvgIpc) is 2.57. The van der Waals surface area contributed by atoms with Gasteiger partial charge in [0.15, 0.2) is 0 Å². The second-order valence-electron chi connectivity index (χ2n) is 6.80. The third kappa shape index (κ3) is 7.07. The first-order valence-electron chi connectivity index (χ1n) is 9.41. The van der Waals surface area contributed by atoms with Crippen LogP contribution in [0.15, 0.2) is 43.0 Å². The summed E-state index contributed by atoms with van der Waals surface area (Å²) in [6, 6.07) is 11.2. The molecule has 0 spiro atoms. The van der Waals surface area contributed by atoms with Crippen LogP contribution in [0.3, 0.4) is 0 Å². The minimum Gasteiger partial charge on any atom is -0.153 e. The van der Waals surface area contributed by atoms with Crippen LogP contribution >= 0.6 is 17.2 Å². The van der Waals surface area contributed by atoms with Crippen molar-refractivity contribution in [3.63, 3.8) is 0 Å². The molecular weight excluding hydrogens is 314 g/mol. The Morgan fingerprint density at radius 2 is 1.30 bits per heavy atom. The van der Waals surface area contributed by atoms with Gasteiger partial charge in [-0.15, -0.1) is 0 Å². The Morgan fingerprint density at radius 3 is 1.65 bits per heavy atom. The molecule has 0 N–H and O–H groups in total. The molecule has 0 fully saturated rings. The first kappa shape index (κ1) is 22.8. The van der Waals surface area contributed by atoms with Gasteiger partial charge in [-0.2, -0.15) is 9.90 Å². The van der Waals surface area contributed by atoms with Crippen LogP contribution < -0.4 is 0 Å². The molecular formula is C21H40P2. The van der Waals surface area contributed by atoms with Gasteiger partial charge in [-0.05, 0) is 0 Å². The normalized spacial score (nSPS) is 13.2. The summed E-state index contributed by atoms with van der Waals surface area (Å²) < 4.78 is 0. The van der Waals surface area contributed by atoms with Gasteiger partial charge < -0.3 is 0 Å². The van der Waals surface area contributed by atoms with E-state index >= 15 is 0 Å². The van der Waals surface area contributed by atoms with Crippen molar-refractivity contribution >= 4 is 17.2 Å². The number of benzene rings is 1. The van der Waals surface area contributed by atoms with E-state index in [2.05, 4.69) is 63.8 Å². The molecule has 1 aromatic rings. The maximum absolute atomic E-state index is 4.26. The van der Waals surface area contributed by atoms with Crippen molar-refractivity contribution < 1.29 is 0 Å². The quantitative estimate of drug-likeness (QED) is 0.277. The van der Waals surface area contributed by atoms with Gasteiger partial charge in [-0.25, -0.2) is 0 Å². The Bertz CT molecular complexity index is 378. The molecule has 0 aliphatic carbocycles. The molecule has 0 saturated carbocycles. The van der Waals surface area contributed by atoms with Crippen LogP contribution in [-0.2, 0) is 0 Å². The van der Waals surface area contributed by atoms with Crippen LogP contribution in [0.5, 0.6) is 0 Å². The van der Waals surface area contributed by atoms with E-state index in [1.807, 2.05) is 0 Å². The number of unbranched alkanes of at least 4 members (excludes halogenated alkanes) is 3. The van der Waals surface area contributed by atoms with Gasteiger partial charge in [0, 0.05) is 0 Å². The fourth-order valence-electron chi connectivity index (χ4n) is 3.83. The molecule has 0 radical (unpaired) electrons. The Labute approximate surface area is 149 Å². The van der Waals surface area contributed by atoms with Crippen LogP contribution in [-0.4, -0.2) is 18.5 Å². The molecule has 0 aromatic heterocycles. The second-order valence-corrected chi connectivity index (χ2v) is 11.6. The topological polar surface area (TPSA) is 0 Å². The van der Waals surface area contributed by atoms with Crippen molar-refractivity contribution in [2.24, 2.45) is 0 Å². The molecule has 0 aliphatic rings. The summed E-state index contributed by atoms with van der Waals surface area (Å²) >= 11 is 0. The van der Waals surface area contributed by atoms with Crippen LogP contribution in [0.25, 0.3) is 0 Å². The summed E-state index contributed by atoms with van der Waals surface area (Å²) in [5, 5.41) is 0. The molecule has 134 valence electrons. The van der Waals surface area contributed by atoms with E-state index in [4.69, 9.17) is 0 Å². The third-order valence-electron chi connectivity index (χ3n) is 5.14. The molecule has 1 rings (SSSR count). The van der Waals surface area contributed by atoms with Crippen LogP contribution in [0.4, 0.5) is 0 Å². The molecule has 2 atom stereocenters. The Balaban J connectivity index is 0.00000484. The maximum Gasteiger partial charge on any atom is -0.153 e. The van der Waals surface area contributed by atoms with E-state index in [-0.39, 0.29) is 9.90 Å². The van der Waals surface area contributed by atoms with Gasteiger partial charge >= 0.3 is 139 Å². The summed E-state index contributed by atoms with van der Waals surface area (Å²) in [5.41, 5.74) is 2.16. The van der Waals surface area contributed by atoms with Gasteiger partial charge in [0.25, 0.3) is 0 Å². The molecule has 23 heavy (non-hydrogen) atoms. The van der Waals surface area contributed by atoms with Gasteiger partial charge in [-0.1, -0.05) is 0 Å². The summed E-state index contributed by atoms with van der Waals surface area (Å²) in [6.07, 6.45) is 14.9. The molecule has 0 heterocycles. The molecule has 0 bridgehead atoms. The van der Waals surface area contributed by atoms with Crippen molar-refractivity contribution in [2.75, 3.05) is 18.5 Å². The summed E-state index contributed by atoms with van der Waals surface area (Å²) in [4.78, 5) is 0. The zero-order valence-corrected chi connectivity index (χ0v) is 18.2. The zero-order chi connectivity index (χ0) is 16.3. The monoisotopic (exact) mass is 354 g/mol. The SMILES string of the molecule is C=CC(c1ccccc1)[PH](CCCC)(CCCC)CCCC.P. The standard InChI is InChI=1S/C21H37P.H3P/c1-5-9-17-22(18-10-6-2,19-11-7-3)21(8-4)20-15-13-12-14-16-20;/h8,12-16,21-22H,4-7,9-11,17-19H2,1-3H3;1H3. The van der Waals surface area contributed by atoms with E-state index in [0.29, 0.717) is 5.66 Å². The number of allylic oxidation sites excluding steroid dienone is 1. The maximum atomic E-state index is 4.26. The Morgan fingerprint density at radius 1 is 0.870 bits per heavy atom. The zero-order valence-electron chi connectivity index (χ0n) is 15.8. The molecule has 0 aliphatic heterocycles. The first-order valence-corrected chi connectivity index (χ1v) is 12.1. The average molecular weight is 354 g/mol. The molecule has 1 aromatic carbocycles. The molecule has 2 unspecified atom stereocenters. The number of rotatable bonds is 12. The van der Waals surface area contributed by atoms with Gasteiger partial charge in [0.05, 0.1) is 0 Å². The van der Waals surface area contributed by atoms with Crippen molar-refractivity contribution in [1.82, 2.24) is 0 Å². The van der Waals surface area contributed by atoms with E-state index in [1.54, 1.807) is 0 Å². The summed E-state index contributed by atoms with van der Waals surface area (Å²) in [6.45, 7) is 11.3. The minimum absolute atomic E-state index is 0. The molecule has 0 amide bonds. The molecule has 0 saturated heterocycles. The Kier molecular flexibility index (Phi) is 13.0. The molecule has 0 nitrogen and oxygen atoms in total. The number of hydrogen-bond donors (Lipinski definition) is 0. The molecule has 2 heteroatoms. The van der Waals surface area contributed by atoms with Crippen LogP contribution in [0.1, 0.15) is 70.5 Å². The second kappa shape index (κ2) is 13.1. The van der Waals surface area contributed by atoms with Crippen LogP contribution in [0, 0.1) is 0 Å². The van der Waals surface area contributed by atoms with Crippen molar-refractivity contribution in [2.45, 2.75) is 65.0 Å². The third-order valence-corrected chi connectivity index (χ3v) is 11.1. The minimum atomic E-state index is -1.35. The van der Waals surface area contributed by atoms with E-state index in [1.165, 1.54) is 62.6 Å². The Hall–Kier alpha value is -0.180. The van der Waals surface area contributed by atoms with Gasteiger partial charge in [0.1, 0.15) is 0 Å². The van der Waals surface area contributed by atoms with Gasteiger partial charge in [-0.3, -0.25) is 0 Å². The fourth-order valence-corrected chi connectivity index (χ4v) is 10.1. The largest absolute Gasteiger partial charge is 0.153 e. The smallest absolute Gasteiger partial charge is 0.153 e. The van der Waals surface area contributed by atoms with Crippen LogP contribution in [0.2, 0.25) is 0 Å². The predicted octanol–water partition coefficient (Wildman–Crippen LogP) is 7.12. The van der Waals surface area contributed by atoms with Crippen molar-refractivity contribution in [3.05, 3.63) is 48.6 Å². The number of hydrogen-bond acceptors (Lipinski definition) is 0. The predicted molar refractivity (Wildman–Crippen MR) is 118 cm³/mol.